The second-order valence-corrected chi connectivity index (χ2v) is 3.51. The van der Waals surface area contributed by atoms with E-state index in [1.807, 2.05) is 13.8 Å². The molecule has 0 bridgehead atoms. The van der Waals surface area contributed by atoms with E-state index in [4.69, 9.17) is 5.73 Å². The quantitative estimate of drug-likeness (QED) is 0.609. The molecular weight excluding hydrogens is 166 g/mol. The fraction of sp³-hybridized carbons (Fsp3) is 0.400. The molecule has 0 amide bonds. The highest BCUT2D eigenvalue weighted by Gasteiger charge is 2.14. The maximum absolute atomic E-state index is 9.46. The van der Waals surface area contributed by atoms with Gasteiger partial charge in [-0.05, 0) is 24.1 Å². The number of phenols is 2. The van der Waals surface area contributed by atoms with Gasteiger partial charge in [-0.2, -0.15) is 0 Å². The fourth-order valence-electron chi connectivity index (χ4n) is 1.17. The highest BCUT2D eigenvalue weighted by molar-refractivity contribution is 5.40. The molecule has 0 aliphatic rings. The predicted molar refractivity (Wildman–Crippen MR) is 51.5 cm³/mol. The molecule has 13 heavy (non-hydrogen) atoms. The summed E-state index contributed by atoms with van der Waals surface area (Å²) in [5.74, 6) is 0.496. The van der Waals surface area contributed by atoms with Gasteiger partial charge >= 0.3 is 0 Å². The van der Waals surface area contributed by atoms with Crippen molar-refractivity contribution in [3.05, 3.63) is 23.8 Å². The highest BCUT2D eigenvalue weighted by Crippen LogP contribution is 2.30. The van der Waals surface area contributed by atoms with Crippen molar-refractivity contribution < 1.29 is 10.2 Å². The van der Waals surface area contributed by atoms with Gasteiger partial charge in [-0.3, -0.25) is 0 Å². The SMILES string of the molecule is CC(C)[C@@H](N)c1cc(O)ccc1O. The lowest BCUT2D eigenvalue weighted by molar-refractivity contribution is 0.430. The zero-order valence-corrected chi connectivity index (χ0v) is 7.86. The highest BCUT2D eigenvalue weighted by atomic mass is 16.3. The summed E-state index contributed by atoms with van der Waals surface area (Å²) >= 11 is 0. The molecule has 1 rings (SSSR count). The van der Waals surface area contributed by atoms with E-state index in [0.29, 0.717) is 5.56 Å². The lowest BCUT2D eigenvalue weighted by Crippen LogP contribution is -2.16. The number of hydrogen-bond donors (Lipinski definition) is 3. The summed E-state index contributed by atoms with van der Waals surface area (Å²) in [5.41, 5.74) is 6.43. The average molecular weight is 181 g/mol. The van der Waals surface area contributed by atoms with Crippen molar-refractivity contribution in [1.82, 2.24) is 0 Å². The Labute approximate surface area is 77.8 Å². The van der Waals surface area contributed by atoms with Crippen LogP contribution in [0, 0.1) is 5.92 Å². The first-order valence-corrected chi connectivity index (χ1v) is 4.30. The third-order valence-corrected chi connectivity index (χ3v) is 2.09. The second-order valence-electron chi connectivity index (χ2n) is 3.51. The van der Waals surface area contributed by atoms with Crippen molar-refractivity contribution in [2.24, 2.45) is 11.7 Å². The molecule has 0 saturated carbocycles. The topological polar surface area (TPSA) is 66.5 Å². The molecule has 0 unspecified atom stereocenters. The zero-order chi connectivity index (χ0) is 10.0. The van der Waals surface area contributed by atoms with Crippen LogP contribution in [0.25, 0.3) is 0 Å². The van der Waals surface area contributed by atoms with Crippen LogP contribution in [0.5, 0.6) is 11.5 Å². The standard InChI is InChI=1S/C10H15NO2/c1-6(2)10(11)8-5-7(12)3-4-9(8)13/h3-6,10,12-13H,11H2,1-2H3/t10-/m1/s1. The molecule has 0 spiro atoms. The van der Waals surface area contributed by atoms with Crippen LogP contribution in [0.15, 0.2) is 18.2 Å². The molecule has 0 saturated heterocycles. The minimum Gasteiger partial charge on any atom is -0.508 e. The van der Waals surface area contributed by atoms with Crippen molar-refractivity contribution in [2.75, 3.05) is 0 Å². The predicted octanol–water partition coefficient (Wildman–Crippen LogP) is 1.75. The van der Waals surface area contributed by atoms with Gasteiger partial charge in [0.15, 0.2) is 0 Å². The van der Waals surface area contributed by atoms with Crippen LogP contribution in [0.1, 0.15) is 25.5 Å². The lowest BCUT2D eigenvalue weighted by atomic mass is 9.96. The number of nitrogens with two attached hydrogens (primary N) is 1. The first kappa shape index (κ1) is 9.86. The first-order chi connectivity index (χ1) is 6.02. The summed E-state index contributed by atoms with van der Waals surface area (Å²) in [4.78, 5) is 0. The van der Waals surface area contributed by atoms with Gasteiger partial charge in [0.05, 0.1) is 0 Å². The number of aromatic hydroxyl groups is 2. The Morgan fingerprint density at radius 3 is 2.38 bits per heavy atom. The molecule has 72 valence electrons. The third kappa shape index (κ3) is 2.12. The van der Waals surface area contributed by atoms with E-state index in [-0.39, 0.29) is 23.5 Å². The number of phenolic OH excluding ortho intramolecular Hbond substituents is 2. The molecule has 1 aromatic rings. The molecule has 0 heterocycles. The van der Waals surface area contributed by atoms with Gasteiger partial charge in [0.2, 0.25) is 0 Å². The van der Waals surface area contributed by atoms with Gasteiger partial charge in [0.1, 0.15) is 11.5 Å². The monoisotopic (exact) mass is 181 g/mol. The van der Waals surface area contributed by atoms with E-state index in [9.17, 15) is 10.2 Å². The maximum Gasteiger partial charge on any atom is 0.120 e. The zero-order valence-electron chi connectivity index (χ0n) is 7.86. The molecule has 0 aliphatic carbocycles. The Balaban J connectivity index is 3.05. The van der Waals surface area contributed by atoms with Gasteiger partial charge in [-0.15, -0.1) is 0 Å². The normalized spacial score (nSPS) is 13.2. The van der Waals surface area contributed by atoms with E-state index < -0.39 is 0 Å². The summed E-state index contributed by atoms with van der Waals surface area (Å²) in [6.07, 6.45) is 0. The molecule has 3 heteroatoms. The minimum atomic E-state index is -0.243. The van der Waals surface area contributed by atoms with E-state index in [2.05, 4.69) is 0 Å². The molecule has 1 atom stereocenters. The lowest BCUT2D eigenvalue weighted by Gasteiger charge is -2.17. The molecule has 0 fully saturated rings. The van der Waals surface area contributed by atoms with Crippen LogP contribution >= 0.6 is 0 Å². The van der Waals surface area contributed by atoms with E-state index in [0.717, 1.165) is 0 Å². The van der Waals surface area contributed by atoms with Crippen molar-refractivity contribution >= 4 is 0 Å². The van der Waals surface area contributed by atoms with Crippen molar-refractivity contribution in [1.29, 1.82) is 0 Å². The van der Waals surface area contributed by atoms with Crippen molar-refractivity contribution in [3.63, 3.8) is 0 Å². The van der Waals surface area contributed by atoms with Gasteiger partial charge in [-0.1, -0.05) is 13.8 Å². The second kappa shape index (κ2) is 3.66. The number of benzene rings is 1. The summed E-state index contributed by atoms with van der Waals surface area (Å²) in [5, 5.41) is 18.7. The number of hydrogen-bond acceptors (Lipinski definition) is 3. The molecule has 1 aromatic carbocycles. The van der Waals surface area contributed by atoms with E-state index in [1.165, 1.54) is 18.2 Å². The summed E-state index contributed by atoms with van der Waals surface area (Å²) in [6.45, 7) is 3.93. The Hall–Kier alpha value is -1.22. The molecule has 3 nitrogen and oxygen atoms in total. The fourth-order valence-corrected chi connectivity index (χ4v) is 1.17. The number of rotatable bonds is 2. The summed E-state index contributed by atoms with van der Waals surface area (Å²) in [6, 6.07) is 4.14. The Morgan fingerprint density at radius 1 is 1.23 bits per heavy atom. The average Bonchev–Trinajstić information content (AvgIpc) is 2.08. The Bertz CT molecular complexity index is 297. The van der Waals surface area contributed by atoms with Crippen LogP contribution in [0.3, 0.4) is 0 Å². The Morgan fingerprint density at radius 2 is 1.85 bits per heavy atom. The van der Waals surface area contributed by atoms with Crippen LogP contribution in [-0.2, 0) is 0 Å². The molecular formula is C10H15NO2. The van der Waals surface area contributed by atoms with E-state index in [1.54, 1.807) is 0 Å². The van der Waals surface area contributed by atoms with Crippen LogP contribution < -0.4 is 5.73 Å². The van der Waals surface area contributed by atoms with Crippen LogP contribution in [0.4, 0.5) is 0 Å². The smallest absolute Gasteiger partial charge is 0.120 e. The van der Waals surface area contributed by atoms with Gasteiger partial charge in [0, 0.05) is 11.6 Å². The first-order valence-electron chi connectivity index (χ1n) is 4.30. The summed E-state index contributed by atoms with van der Waals surface area (Å²) in [7, 11) is 0. The maximum atomic E-state index is 9.46. The molecule has 4 N–H and O–H groups in total. The minimum absolute atomic E-state index is 0.129. The van der Waals surface area contributed by atoms with Crippen LogP contribution in [0.2, 0.25) is 0 Å². The van der Waals surface area contributed by atoms with Crippen molar-refractivity contribution in [2.45, 2.75) is 19.9 Å². The largest absolute Gasteiger partial charge is 0.508 e. The Kier molecular flexibility index (Phi) is 2.78. The molecule has 0 aromatic heterocycles. The van der Waals surface area contributed by atoms with Crippen LogP contribution in [-0.4, -0.2) is 10.2 Å². The summed E-state index contributed by atoms with van der Waals surface area (Å²) < 4.78 is 0. The van der Waals surface area contributed by atoms with Gasteiger partial charge < -0.3 is 15.9 Å². The van der Waals surface area contributed by atoms with Crippen molar-refractivity contribution in [3.8, 4) is 11.5 Å². The van der Waals surface area contributed by atoms with Gasteiger partial charge in [-0.25, -0.2) is 0 Å². The van der Waals surface area contributed by atoms with E-state index >= 15 is 0 Å². The molecule has 0 aliphatic heterocycles. The third-order valence-electron chi connectivity index (χ3n) is 2.09. The van der Waals surface area contributed by atoms with Gasteiger partial charge in [0.25, 0.3) is 0 Å². The molecule has 0 radical (unpaired) electrons.